The fraction of sp³-hybridized carbons (Fsp3) is 0.636. The zero-order valence-electron chi connectivity index (χ0n) is 9.26. The third-order valence-electron chi connectivity index (χ3n) is 3.82. The number of nitrogens with two attached hydrogens (primary N) is 1. The fourth-order valence-electron chi connectivity index (χ4n) is 3.00. The molecule has 0 bridgehead atoms. The second kappa shape index (κ2) is 3.90. The number of anilines is 2. The van der Waals surface area contributed by atoms with Crippen LogP contribution in [0.4, 0.5) is 11.6 Å². The number of rotatable bonds is 2. The molecule has 2 unspecified atom stereocenters. The first-order valence-corrected chi connectivity index (χ1v) is 5.90. The minimum absolute atomic E-state index is 0.634. The zero-order chi connectivity index (χ0) is 11.0. The molecule has 2 heterocycles. The van der Waals surface area contributed by atoms with Crippen LogP contribution in [-0.2, 0) is 0 Å². The van der Waals surface area contributed by atoms with Crippen LogP contribution in [0.5, 0.6) is 0 Å². The quantitative estimate of drug-likeness (QED) is 0.573. The van der Waals surface area contributed by atoms with Crippen LogP contribution in [0.1, 0.15) is 19.3 Å². The van der Waals surface area contributed by atoms with E-state index in [2.05, 4.69) is 20.3 Å². The van der Waals surface area contributed by atoms with Crippen LogP contribution in [0.3, 0.4) is 0 Å². The molecule has 1 aliphatic heterocycles. The van der Waals surface area contributed by atoms with Crippen molar-refractivity contribution in [2.45, 2.75) is 19.3 Å². The van der Waals surface area contributed by atoms with Crippen molar-refractivity contribution in [1.29, 1.82) is 0 Å². The molecule has 5 heteroatoms. The van der Waals surface area contributed by atoms with E-state index in [1.807, 2.05) is 6.20 Å². The van der Waals surface area contributed by atoms with Crippen LogP contribution in [-0.4, -0.2) is 23.1 Å². The van der Waals surface area contributed by atoms with Crippen molar-refractivity contribution >= 4 is 11.6 Å². The lowest BCUT2D eigenvalue weighted by molar-refractivity contribution is 0.494. The van der Waals surface area contributed by atoms with Crippen LogP contribution in [0.25, 0.3) is 0 Å². The summed E-state index contributed by atoms with van der Waals surface area (Å²) in [6.07, 6.45) is 7.62. The van der Waals surface area contributed by atoms with Gasteiger partial charge >= 0.3 is 0 Å². The molecule has 86 valence electrons. The van der Waals surface area contributed by atoms with Gasteiger partial charge < -0.3 is 10.3 Å². The van der Waals surface area contributed by atoms with Gasteiger partial charge in [-0.05, 0) is 24.7 Å². The standard InChI is InChI=1S/C11H17N5/c12-15-10-4-13-5-11(14-10)16-6-8-2-1-3-9(8)7-16/h4-5,8-9H,1-3,6-7,12H2,(H,14,15). The smallest absolute Gasteiger partial charge is 0.160 e. The minimum atomic E-state index is 0.634. The molecule has 3 N–H and O–H groups in total. The van der Waals surface area contributed by atoms with Crippen molar-refractivity contribution in [3.63, 3.8) is 0 Å². The van der Waals surface area contributed by atoms with E-state index >= 15 is 0 Å². The van der Waals surface area contributed by atoms with Gasteiger partial charge in [0.2, 0.25) is 0 Å². The summed E-state index contributed by atoms with van der Waals surface area (Å²) >= 11 is 0. The van der Waals surface area contributed by atoms with Gasteiger partial charge in [-0.25, -0.2) is 10.8 Å². The molecule has 1 saturated heterocycles. The van der Waals surface area contributed by atoms with Gasteiger partial charge in [0, 0.05) is 13.1 Å². The maximum atomic E-state index is 5.34. The first kappa shape index (κ1) is 9.84. The Bertz CT molecular complexity index is 368. The highest BCUT2D eigenvalue weighted by molar-refractivity contribution is 5.44. The predicted molar refractivity (Wildman–Crippen MR) is 62.9 cm³/mol. The molecule has 2 aliphatic rings. The number of nitrogens with one attached hydrogen (secondary N) is 1. The fourth-order valence-corrected chi connectivity index (χ4v) is 3.00. The van der Waals surface area contributed by atoms with E-state index in [0.717, 1.165) is 30.7 Å². The lowest BCUT2D eigenvalue weighted by Crippen LogP contribution is -2.22. The summed E-state index contributed by atoms with van der Waals surface area (Å²) < 4.78 is 0. The third-order valence-corrected chi connectivity index (χ3v) is 3.82. The average molecular weight is 219 g/mol. The van der Waals surface area contributed by atoms with Gasteiger partial charge in [-0.3, -0.25) is 4.98 Å². The number of hydrazine groups is 1. The number of fused-ring (bicyclic) bond motifs is 1. The van der Waals surface area contributed by atoms with Gasteiger partial charge in [0.15, 0.2) is 5.82 Å². The Balaban J connectivity index is 1.78. The second-order valence-electron chi connectivity index (χ2n) is 4.76. The Hall–Kier alpha value is -1.36. The maximum Gasteiger partial charge on any atom is 0.160 e. The average Bonchev–Trinajstić information content (AvgIpc) is 2.89. The summed E-state index contributed by atoms with van der Waals surface area (Å²) in [5, 5.41) is 0. The van der Waals surface area contributed by atoms with Crippen molar-refractivity contribution in [2.75, 3.05) is 23.4 Å². The van der Waals surface area contributed by atoms with Crippen LogP contribution >= 0.6 is 0 Å². The van der Waals surface area contributed by atoms with E-state index in [4.69, 9.17) is 5.84 Å². The monoisotopic (exact) mass is 219 g/mol. The van der Waals surface area contributed by atoms with Gasteiger partial charge in [0.1, 0.15) is 5.82 Å². The summed E-state index contributed by atoms with van der Waals surface area (Å²) in [5.74, 6) is 8.66. The van der Waals surface area contributed by atoms with Crippen molar-refractivity contribution in [3.8, 4) is 0 Å². The van der Waals surface area contributed by atoms with E-state index in [1.54, 1.807) is 6.20 Å². The molecule has 3 rings (SSSR count). The van der Waals surface area contributed by atoms with Gasteiger partial charge in [-0.1, -0.05) is 6.42 Å². The van der Waals surface area contributed by atoms with Gasteiger partial charge in [0.25, 0.3) is 0 Å². The number of aromatic nitrogens is 2. The first-order valence-electron chi connectivity index (χ1n) is 5.90. The number of hydrogen-bond acceptors (Lipinski definition) is 5. The number of nitrogen functional groups attached to an aromatic ring is 1. The molecule has 0 aromatic carbocycles. The molecular weight excluding hydrogens is 202 g/mol. The zero-order valence-corrected chi connectivity index (χ0v) is 9.26. The van der Waals surface area contributed by atoms with Crippen LogP contribution < -0.4 is 16.2 Å². The first-order chi connectivity index (χ1) is 7.86. The van der Waals surface area contributed by atoms with Gasteiger partial charge in [-0.15, -0.1) is 0 Å². The Morgan fingerprint density at radius 3 is 2.69 bits per heavy atom. The molecule has 1 saturated carbocycles. The minimum Gasteiger partial charge on any atom is -0.355 e. The molecule has 1 aromatic rings. The van der Waals surface area contributed by atoms with E-state index in [9.17, 15) is 0 Å². The number of nitrogens with zero attached hydrogens (tertiary/aromatic N) is 3. The van der Waals surface area contributed by atoms with Gasteiger partial charge in [-0.2, -0.15) is 0 Å². The van der Waals surface area contributed by atoms with E-state index in [0.29, 0.717) is 5.82 Å². The molecular formula is C11H17N5. The van der Waals surface area contributed by atoms with Crippen LogP contribution in [0.2, 0.25) is 0 Å². The normalized spacial score (nSPS) is 28.2. The molecule has 0 spiro atoms. The number of hydrogen-bond donors (Lipinski definition) is 2. The predicted octanol–water partition coefficient (Wildman–Crippen LogP) is 0.998. The highest BCUT2D eigenvalue weighted by Gasteiger charge is 2.36. The van der Waals surface area contributed by atoms with E-state index < -0.39 is 0 Å². The van der Waals surface area contributed by atoms with Gasteiger partial charge in [0.05, 0.1) is 12.4 Å². The lowest BCUT2D eigenvalue weighted by Gasteiger charge is -2.18. The molecule has 5 nitrogen and oxygen atoms in total. The van der Waals surface area contributed by atoms with Crippen molar-refractivity contribution in [3.05, 3.63) is 12.4 Å². The van der Waals surface area contributed by atoms with E-state index in [-0.39, 0.29) is 0 Å². The summed E-state index contributed by atoms with van der Waals surface area (Å²) in [6.45, 7) is 2.26. The Morgan fingerprint density at radius 1 is 1.25 bits per heavy atom. The maximum absolute atomic E-state index is 5.34. The molecule has 1 aromatic heterocycles. The topological polar surface area (TPSA) is 67.1 Å². The highest BCUT2D eigenvalue weighted by atomic mass is 15.3. The van der Waals surface area contributed by atoms with Crippen molar-refractivity contribution < 1.29 is 0 Å². The Kier molecular flexibility index (Phi) is 2.40. The van der Waals surface area contributed by atoms with Crippen LogP contribution in [0, 0.1) is 11.8 Å². The lowest BCUT2D eigenvalue weighted by atomic mass is 10.0. The highest BCUT2D eigenvalue weighted by Crippen LogP contribution is 2.38. The van der Waals surface area contributed by atoms with Crippen molar-refractivity contribution in [1.82, 2.24) is 9.97 Å². The van der Waals surface area contributed by atoms with Crippen LogP contribution in [0.15, 0.2) is 12.4 Å². The van der Waals surface area contributed by atoms with E-state index in [1.165, 1.54) is 19.3 Å². The summed E-state index contributed by atoms with van der Waals surface area (Å²) in [7, 11) is 0. The largest absolute Gasteiger partial charge is 0.355 e. The second-order valence-corrected chi connectivity index (χ2v) is 4.76. The SMILES string of the molecule is NNc1cncc(N2CC3CCCC3C2)n1. The summed E-state index contributed by atoms with van der Waals surface area (Å²) in [6, 6.07) is 0. The molecule has 0 amide bonds. The molecule has 16 heavy (non-hydrogen) atoms. The summed E-state index contributed by atoms with van der Waals surface area (Å²) in [4.78, 5) is 10.9. The summed E-state index contributed by atoms with van der Waals surface area (Å²) in [5.41, 5.74) is 2.54. The molecule has 2 atom stereocenters. The third kappa shape index (κ3) is 1.61. The van der Waals surface area contributed by atoms with Crippen molar-refractivity contribution in [2.24, 2.45) is 17.7 Å². The molecule has 2 fully saturated rings. The Labute approximate surface area is 95.0 Å². The molecule has 1 aliphatic carbocycles. The Morgan fingerprint density at radius 2 is 2.00 bits per heavy atom. The molecule has 0 radical (unpaired) electrons.